The zero-order chi connectivity index (χ0) is 18.4. The van der Waals surface area contributed by atoms with Crippen LogP contribution in [0.1, 0.15) is 50.7 Å². The molecule has 136 valence electrons. The van der Waals surface area contributed by atoms with Gasteiger partial charge < -0.3 is 9.84 Å². The molecular weight excluding hydrogens is 326 g/mol. The molecule has 3 atom stereocenters. The molecule has 9 nitrogen and oxygen atoms in total. The fraction of sp³-hybridized carbons (Fsp3) is 0.625. The number of aliphatic hydroxyl groups is 1. The van der Waals surface area contributed by atoms with Gasteiger partial charge in [0, 0.05) is 29.8 Å². The summed E-state index contributed by atoms with van der Waals surface area (Å²) in [5.74, 6) is 0. The molecule has 0 aromatic carbocycles. The number of hydrogen-bond donors (Lipinski definition) is 2. The highest BCUT2D eigenvalue weighted by atomic mass is 16.5. The van der Waals surface area contributed by atoms with Crippen LogP contribution < -0.4 is 11.2 Å². The van der Waals surface area contributed by atoms with Crippen LogP contribution in [0, 0.1) is 6.92 Å². The molecular formula is C16H23N5O4. The summed E-state index contributed by atoms with van der Waals surface area (Å²) in [5.41, 5.74) is 0.166. The van der Waals surface area contributed by atoms with Gasteiger partial charge in [-0.25, -0.2) is 9.48 Å². The van der Waals surface area contributed by atoms with E-state index in [0.29, 0.717) is 12.0 Å². The van der Waals surface area contributed by atoms with Crippen LogP contribution in [-0.4, -0.2) is 42.4 Å². The lowest BCUT2D eigenvalue weighted by Crippen LogP contribution is -2.33. The number of ether oxygens (including phenoxy) is 1. The fourth-order valence-corrected chi connectivity index (χ4v) is 2.91. The topological polar surface area (TPSA) is 115 Å². The van der Waals surface area contributed by atoms with E-state index in [1.165, 1.54) is 10.8 Å². The Bertz CT molecular complexity index is 876. The van der Waals surface area contributed by atoms with E-state index in [4.69, 9.17) is 4.74 Å². The van der Waals surface area contributed by atoms with E-state index in [-0.39, 0.29) is 18.1 Å². The van der Waals surface area contributed by atoms with E-state index >= 15 is 0 Å². The van der Waals surface area contributed by atoms with E-state index in [9.17, 15) is 14.7 Å². The van der Waals surface area contributed by atoms with Gasteiger partial charge in [-0.05, 0) is 6.92 Å². The van der Waals surface area contributed by atoms with Crippen LogP contribution in [0.5, 0.6) is 0 Å². The minimum atomic E-state index is -0.590. The monoisotopic (exact) mass is 349 g/mol. The van der Waals surface area contributed by atoms with Crippen molar-refractivity contribution in [3.05, 3.63) is 44.5 Å². The molecule has 1 saturated heterocycles. The van der Waals surface area contributed by atoms with Crippen LogP contribution in [0.3, 0.4) is 0 Å². The van der Waals surface area contributed by atoms with E-state index < -0.39 is 23.6 Å². The smallest absolute Gasteiger partial charge is 0.330 e. The number of hydrogen-bond acceptors (Lipinski definition) is 6. The van der Waals surface area contributed by atoms with Gasteiger partial charge in [0.15, 0.2) is 0 Å². The minimum Gasteiger partial charge on any atom is -0.394 e. The molecule has 0 saturated carbocycles. The van der Waals surface area contributed by atoms with E-state index in [1.54, 1.807) is 11.6 Å². The molecule has 9 heteroatoms. The first-order valence-electron chi connectivity index (χ1n) is 8.21. The van der Waals surface area contributed by atoms with Crippen molar-refractivity contribution >= 4 is 0 Å². The van der Waals surface area contributed by atoms with Crippen molar-refractivity contribution in [1.29, 1.82) is 0 Å². The molecule has 0 radical (unpaired) electrons. The fourth-order valence-electron chi connectivity index (χ4n) is 2.91. The number of aromatic amines is 1. The summed E-state index contributed by atoms with van der Waals surface area (Å²) in [6.07, 6.45) is 2.65. The highest BCUT2D eigenvalue weighted by Gasteiger charge is 2.38. The van der Waals surface area contributed by atoms with Crippen LogP contribution >= 0.6 is 0 Å². The number of aliphatic hydroxyl groups excluding tert-OH is 1. The zero-order valence-corrected chi connectivity index (χ0v) is 14.8. The minimum absolute atomic E-state index is 0.140. The SMILES string of the molecule is Cc1cn([C@@H]2C[C@H](n3cc(C(C)(C)C)nn3)[C@H](CO)O2)c(=O)[nH]c1=O. The summed E-state index contributed by atoms with van der Waals surface area (Å²) < 4.78 is 8.87. The molecule has 1 aliphatic heterocycles. The number of rotatable bonds is 3. The van der Waals surface area contributed by atoms with Gasteiger partial charge in [-0.15, -0.1) is 5.10 Å². The third kappa shape index (κ3) is 3.29. The normalized spacial score (nSPS) is 24.0. The van der Waals surface area contributed by atoms with Crippen LogP contribution in [-0.2, 0) is 10.2 Å². The third-order valence-corrected chi connectivity index (χ3v) is 4.46. The Labute approximate surface area is 144 Å². The van der Waals surface area contributed by atoms with Crippen molar-refractivity contribution < 1.29 is 9.84 Å². The second kappa shape index (κ2) is 6.23. The Hall–Kier alpha value is -2.26. The number of H-pyrrole nitrogens is 1. The molecule has 2 aromatic rings. The standard InChI is InChI=1S/C16H23N5O4/c1-9-6-20(15(24)17-14(9)23)13-5-10(11(8-22)25-13)21-7-12(18-19-21)16(2,3)4/h6-7,10-11,13,22H,5,8H2,1-4H3,(H,17,23,24)/t10-,11-,13-/m0/s1. The first-order valence-corrected chi connectivity index (χ1v) is 8.21. The van der Waals surface area contributed by atoms with Gasteiger partial charge in [-0.2, -0.15) is 0 Å². The Morgan fingerprint density at radius 1 is 1.36 bits per heavy atom. The average Bonchev–Trinajstić information content (AvgIpc) is 3.16. The first-order chi connectivity index (χ1) is 11.7. The first kappa shape index (κ1) is 17.6. The zero-order valence-electron chi connectivity index (χ0n) is 14.8. The van der Waals surface area contributed by atoms with E-state index in [1.807, 2.05) is 27.0 Å². The lowest BCUT2D eigenvalue weighted by molar-refractivity contribution is -0.0323. The summed E-state index contributed by atoms with van der Waals surface area (Å²) in [6, 6.07) is -0.252. The Morgan fingerprint density at radius 2 is 2.08 bits per heavy atom. The summed E-state index contributed by atoms with van der Waals surface area (Å²) in [6.45, 7) is 7.55. The van der Waals surface area contributed by atoms with Gasteiger partial charge >= 0.3 is 5.69 Å². The second-order valence-electron chi connectivity index (χ2n) is 7.43. The molecule has 2 aromatic heterocycles. The van der Waals surface area contributed by atoms with E-state index in [2.05, 4.69) is 15.3 Å². The lowest BCUT2D eigenvalue weighted by atomic mass is 9.93. The van der Waals surface area contributed by atoms with Crippen molar-refractivity contribution in [3.8, 4) is 0 Å². The summed E-state index contributed by atoms with van der Waals surface area (Å²) in [4.78, 5) is 25.9. The van der Waals surface area contributed by atoms with Crippen LogP contribution in [0.2, 0.25) is 0 Å². The van der Waals surface area contributed by atoms with Crippen molar-refractivity contribution in [2.75, 3.05) is 6.61 Å². The summed E-state index contributed by atoms with van der Waals surface area (Å²) in [5, 5.41) is 18.0. The molecule has 25 heavy (non-hydrogen) atoms. The molecule has 0 bridgehead atoms. The van der Waals surface area contributed by atoms with Gasteiger partial charge in [-0.1, -0.05) is 26.0 Å². The maximum atomic E-state index is 12.1. The van der Waals surface area contributed by atoms with Crippen LogP contribution in [0.15, 0.2) is 22.0 Å². The van der Waals surface area contributed by atoms with Crippen molar-refractivity contribution in [1.82, 2.24) is 24.5 Å². The van der Waals surface area contributed by atoms with Crippen LogP contribution in [0.4, 0.5) is 0 Å². The quantitative estimate of drug-likeness (QED) is 0.821. The molecule has 0 unspecified atom stereocenters. The van der Waals surface area contributed by atoms with Crippen LogP contribution in [0.25, 0.3) is 0 Å². The largest absolute Gasteiger partial charge is 0.394 e. The summed E-state index contributed by atoms with van der Waals surface area (Å²) in [7, 11) is 0. The van der Waals surface area contributed by atoms with Crippen molar-refractivity contribution in [2.24, 2.45) is 0 Å². The highest BCUT2D eigenvalue weighted by molar-refractivity contribution is 5.08. The van der Waals surface area contributed by atoms with Crippen molar-refractivity contribution in [3.63, 3.8) is 0 Å². The molecule has 3 rings (SSSR count). The third-order valence-electron chi connectivity index (χ3n) is 4.46. The molecule has 1 aliphatic rings. The average molecular weight is 349 g/mol. The Morgan fingerprint density at radius 3 is 2.68 bits per heavy atom. The van der Waals surface area contributed by atoms with Gasteiger partial charge in [0.05, 0.1) is 18.3 Å². The molecule has 3 heterocycles. The maximum Gasteiger partial charge on any atom is 0.330 e. The number of nitrogens with one attached hydrogen (secondary N) is 1. The van der Waals surface area contributed by atoms with E-state index in [0.717, 1.165) is 5.69 Å². The lowest BCUT2D eigenvalue weighted by Gasteiger charge is -2.16. The molecule has 0 amide bonds. The van der Waals surface area contributed by atoms with Gasteiger partial charge in [-0.3, -0.25) is 14.3 Å². The maximum absolute atomic E-state index is 12.1. The molecule has 1 fully saturated rings. The van der Waals surface area contributed by atoms with Crippen molar-refractivity contribution in [2.45, 2.75) is 57.9 Å². The number of nitrogens with zero attached hydrogens (tertiary/aromatic N) is 4. The van der Waals surface area contributed by atoms with Gasteiger partial charge in [0.2, 0.25) is 0 Å². The number of aryl methyl sites for hydroxylation is 1. The van der Waals surface area contributed by atoms with Gasteiger partial charge in [0.25, 0.3) is 5.56 Å². The molecule has 0 aliphatic carbocycles. The van der Waals surface area contributed by atoms with Gasteiger partial charge in [0.1, 0.15) is 12.3 Å². The second-order valence-corrected chi connectivity index (χ2v) is 7.43. The highest BCUT2D eigenvalue weighted by Crippen LogP contribution is 2.36. The number of aromatic nitrogens is 5. The molecule has 2 N–H and O–H groups in total. The predicted octanol–water partition coefficient (Wildman–Crippen LogP) is 0.255. The predicted molar refractivity (Wildman–Crippen MR) is 89.4 cm³/mol. The Balaban J connectivity index is 1.91. The Kier molecular flexibility index (Phi) is 4.38. The summed E-state index contributed by atoms with van der Waals surface area (Å²) >= 11 is 0. The molecule has 0 spiro atoms.